The lowest BCUT2D eigenvalue weighted by atomic mass is 9.99. The number of hydrogen-bond acceptors (Lipinski definition) is 3. The van der Waals surface area contributed by atoms with E-state index in [4.69, 9.17) is 10.2 Å². The van der Waals surface area contributed by atoms with Crippen LogP contribution in [-0.4, -0.2) is 23.9 Å². The maximum atomic E-state index is 12.1. The third-order valence-corrected chi connectivity index (χ3v) is 3.77. The molecule has 2 N–H and O–H groups in total. The van der Waals surface area contributed by atoms with E-state index in [0.29, 0.717) is 18.9 Å². The Morgan fingerprint density at radius 3 is 2.83 bits per heavy atom. The molecule has 1 heterocycles. The van der Waals surface area contributed by atoms with Crippen LogP contribution < -0.4 is 5.73 Å². The summed E-state index contributed by atoms with van der Waals surface area (Å²) in [7, 11) is 1.82. The Morgan fingerprint density at radius 2 is 2.28 bits per heavy atom. The maximum absolute atomic E-state index is 12.1. The first-order valence-electron chi connectivity index (χ1n) is 6.61. The first-order chi connectivity index (χ1) is 8.56. The van der Waals surface area contributed by atoms with Crippen LogP contribution >= 0.6 is 0 Å². The molecule has 1 aliphatic rings. The van der Waals surface area contributed by atoms with Crippen molar-refractivity contribution in [2.75, 3.05) is 7.05 Å². The summed E-state index contributed by atoms with van der Waals surface area (Å²) >= 11 is 0. The van der Waals surface area contributed by atoms with Crippen molar-refractivity contribution in [3.8, 4) is 0 Å². The van der Waals surface area contributed by atoms with Gasteiger partial charge in [0.2, 0.25) is 5.91 Å². The zero-order valence-corrected chi connectivity index (χ0v) is 11.2. The van der Waals surface area contributed by atoms with Gasteiger partial charge in [0.25, 0.3) is 0 Å². The molecule has 2 rings (SSSR count). The molecule has 0 unspecified atom stereocenters. The first kappa shape index (κ1) is 13.1. The maximum Gasteiger partial charge on any atom is 0.223 e. The molecular weight excluding hydrogens is 228 g/mol. The molecule has 1 saturated carbocycles. The molecule has 1 aliphatic carbocycles. The third kappa shape index (κ3) is 3.13. The molecule has 4 nitrogen and oxygen atoms in total. The fraction of sp³-hybridized carbons (Fsp3) is 0.643. The summed E-state index contributed by atoms with van der Waals surface area (Å²) in [5, 5.41) is 0. The Bertz CT molecular complexity index is 414. The van der Waals surface area contributed by atoms with Crippen molar-refractivity contribution in [2.45, 2.75) is 45.2 Å². The summed E-state index contributed by atoms with van der Waals surface area (Å²) in [6.45, 7) is 2.44. The van der Waals surface area contributed by atoms with Crippen LogP contribution in [0.5, 0.6) is 0 Å². The molecule has 0 aromatic carbocycles. The number of amides is 1. The second-order valence-corrected chi connectivity index (χ2v) is 5.32. The van der Waals surface area contributed by atoms with Gasteiger partial charge in [0, 0.05) is 19.5 Å². The molecule has 1 fully saturated rings. The molecule has 18 heavy (non-hydrogen) atoms. The van der Waals surface area contributed by atoms with Gasteiger partial charge in [-0.3, -0.25) is 4.79 Å². The lowest BCUT2D eigenvalue weighted by Crippen LogP contribution is -2.32. The molecule has 4 heteroatoms. The number of nitrogens with two attached hydrogens (primary N) is 1. The summed E-state index contributed by atoms with van der Waals surface area (Å²) in [4.78, 5) is 13.8. The van der Waals surface area contributed by atoms with Gasteiger partial charge in [0.15, 0.2) is 0 Å². The van der Waals surface area contributed by atoms with Gasteiger partial charge in [-0.25, -0.2) is 0 Å². The summed E-state index contributed by atoms with van der Waals surface area (Å²) in [6, 6.07) is 4.04. The van der Waals surface area contributed by atoms with E-state index in [1.807, 2.05) is 26.1 Å². The van der Waals surface area contributed by atoms with E-state index in [2.05, 4.69) is 0 Å². The average molecular weight is 250 g/mol. The van der Waals surface area contributed by atoms with E-state index in [9.17, 15) is 4.79 Å². The van der Waals surface area contributed by atoms with E-state index in [1.54, 1.807) is 4.90 Å². The van der Waals surface area contributed by atoms with Crippen molar-refractivity contribution in [3.05, 3.63) is 23.7 Å². The van der Waals surface area contributed by atoms with Crippen LogP contribution in [0.3, 0.4) is 0 Å². The van der Waals surface area contributed by atoms with E-state index >= 15 is 0 Å². The SMILES string of the molecule is Cc1ccc(CN(C)C(=O)C[C@@H]2CCC[C@H]2N)o1. The summed E-state index contributed by atoms with van der Waals surface area (Å²) in [5.41, 5.74) is 5.99. The number of furan rings is 1. The topological polar surface area (TPSA) is 59.5 Å². The largest absolute Gasteiger partial charge is 0.464 e. The van der Waals surface area contributed by atoms with Crippen LogP contribution in [0.25, 0.3) is 0 Å². The number of rotatable bonds is 4. The highest BCUT2D eigenvalue weighted by molar-refractivity contribution is 5.76. The van der Waals surface area contributed by atoms with Crippen molar-refractivity contribution in [1.29, 1.82) is 0 Å². The molecule has 0 aliphatic heterocycles. The van der Waals surface area contributed by atoms with E-state index in [0.717, 1.165) is 30.8 Å². The number of aryl methyl sites for hydroxylation is 1. The van der Waals surface area contributed by atoms with Gasteiger partial charge >= 0.3 is 0 Å². The summed E-state index contributed by atoms with van der Waals surface area (Å²) in [6.07, 6.45) is 3.86. The molecule has 1 aromatic heterocycles. The minimum Gasteiger partial charge on any atom is -0.464 e. The summed E-state index contributed by atoms with van der Waals surface area (Å²) < 4.78 is 5.48. The number of nitrogens with zero attached hydrogens (tertiary/aromatic N) is 1. The number of carbonyl (C=O) groups excluding carboxylic acids is 1. The zero-order valence-electron chi connectivity index (χ0n) is 11.2. The van der Waals surface area contributed by atoms with Crippen LogP contribution in [0, 0.1) is 12.8 Å². The van der Waals surface area contributed by atoms with Crippen molar-refractivity contribution in [2.24, 2.45) is 11.7 Å². The van der Waals surface area contributed by atoms with Crippen molar-refractivity contribution < 1.29 is 9.21 Å². The van der Waals surface area contributed by atoms with Crippen LogP contribution in [0.15, 0.2) is 16.5 Å². The van der Waals surface area contributed by atoms with E-state index < -0.39 is 0 Å². The van der Waals surface area contributed by atoms with Crippen LogP contribution in [0.2, 0.25) is 0 Å². The lowest BCUT2D eigenvalue weighted by Gasteiger charge is -2.20. The van der Waals surface area contributed by atoms with Gasteiger partial charge in [0.05, 0.1) is 6.54 Å². The molecule has 0 spiro atoms. The smallest absolute Gasteiger partial charge is 0.223 e. The second-order valence-electron chi connectivity index (χ2n) is 5.32. The van der Waals surface area contributed by atoms with Gasteiger partial charge < -0.3 is 15.1 Å². The molecule has 100 valence electrons. The predicted molar refractivity (Wildman–Crippen MR) is 69.9 cm³/mol. The normalized spacial score (nSPS) is 23.3. The third-order valence-electron chi connectivity index (χ3n) is 3.77. The Kier molecular flexibility index (Phi) is 4.07. The van der Waals surface area contributed by atoms with Crippen LogP contribution in [0.1, 0.15) is 37.2 Å². The molecule has 0 radical (unpaired) electrons. The molecular formula is C14H22N2O2. The highest BCUT2D eigenvalue weighted by Crippen LogP contribution is 2.27. The van der Waals surface area contributed by atoms with Gasteiger partial charge in [-0.15, -0.1) is 0 Å². The number of hydrogen-bond donors (Lipinski definition) is 1. The quantitative estimate of drug-likeness (QED) is 0.889. The van der Waals surface area contributed by atoms with Crippen molar-refractivity contribution in [3.63, 3.8) is 0 Å². The van der Waals surface area contributed by atoms with Crippen molar-refractivity contribution >= 4 is 5.91 Å². The highest BCUT2D eigenvalue weighted by atomic mass is 16.3. The Balaban J connectivity index is 1.84. The minimum atomic E-state index is 0.159. The minimum absolute atomic E-state index is 0.159. The van der Waals surface area contributed by atoms with Gasteiger partial charge in [-0.1, -0.05) is 6.42 Å². The Hall–Kier alpha value is -1.29. The standard InChI is InChI=1S/C14H22N2O2/c1-10-6-7-12(18-10)9-16(2)14(17)8-11-4-3-5-13(11)15/h6-7,11,13H,3-5,8-9,15H2,1-2H3/t11-,13+/m0/s1. The Morgan fingerprint density at radius 1 is 1.50 bits per heavy atom. The Labute approximate surface area is 108 Å². The van der Waals surface area contributed by atoms with Gasteiger partial charge in [-0.05, 0) is 37.8 Å². The highest BCUT2D eigenvalue weighted by Gasteiger charge is 2.27. The second kappa shape index (κ2) is 5.57. The lowest BCUT2D eigenvalue weighted by molar-refractivity contribution is -0.131. The fourth-order valence-corrected chi connectivity index (χ4v) is 2.59. The van der Waals surface area contributed by atoms with Crippen LogP contribution in [0.4, 0.5) is 0 Å². The first-order valence-corrected chi connectivity index (χ1v) is 6.61. The number of carbonyl (C=O) groups is 1. The molecule has 0 saturated heterocycles. The molecule has 1 aromatic rings. The van der Waals surface area contributed by atoms with Gasteiger partial charge in [-0.2, -0.15) is 0 Å². The predicted octanol–water partition coefficient (Wildman–Crippen LogP) is 2.06. The zero-order chi connectivity index (χ0) is 13.1. The molecule has 2 atom stereocenters. The van der Waals surface area contributed by atoms with E-state index in [1.165, 1.54) is 0 Å². The van der Waals surface area contributed by atoms with Gasteiger partial charge in [0.1, 0.15) is 11.5 Å². The molecule has 1 amide bonds. The van der Waals surface area contributed by atoms with E-state index in [-0.39, 0.29) is 11.9 Å². The van der Waals surface area contributed by atoms with Crippen LogP contribution in [-0.2, 0) is 11.3 Å². The monoisotopic (exact) mass is 250 g/mol. The average Bonchev–Trinajstić information content (AvgIpc) is 2.89. The fourth-order valence-electron chi connectivity index (χ4n) is 2.59. The molecule has 0 bridgehead atoms. The summed E-state index contributed by atoms with van der Waals surface area (Å²) in [5.74, 6) is 2.23. The van der Waals surface area contributed by atoms with Crippen molar-refractivity contribution in [1.82, 2.24) is 4.90 Å².